The Kier molecular flexibility index (Phi) is 19.4. The molecule has 0 aliphatic rings. The molecule has 5 heteroatoms. The van der Waals surface area contributed by atoms with Crippen LogP contribution in [0.1, 0.15) is 84.5 Å². The first-order valence-corrected chi connectivity index (χ1v) is 9.57. The minimum absolute atomic E-state index is 0. The van der Waals surface area contributed by atoms with Crippen LogP contribution in [0, 0.1) is 0 Å². The maximum atomic E-state index is 11.3. The standard InChI is InChI=1S/C15H32O3S.Ca.2H/c1-3-5-6-7-8-9-10-11-12-13-14-18-19(16,17)15-4-2;;;/h3-15H2,1-2H3;;;. The van der Waals surface area contributed by atoms with Gasteiger partial charge in [-0.05, 0) is 12.8 Å². The van der Waals surface area contributed by atoms with Crippen LogP contribution in [0.2, 0.25) is 0 Å². The maximum absolute atomic E-state index is 11.3. The van der Waals surface area contributed by atoms with Gasteiger partial charge in [0.1, 0.15) is 0 Å². The van der Waals surface area contributed by atoms with Gasteiger partial charge in [-0.2, -0.15) is 8.42 Å². The summed E-state index contributed by atoms with van der Waals surface area (Å²) in [7, 11) is -3.24. The zero-order chi connectivity index (χ0) is 14.4. The van der Waals surface area contributed by atoms with E-state index in [1.54, 1.807) is 0 Å². The average molecular weight is 335 g/mol. The molecule has 0 fully saturated rings. The summed E-state index contributed by atoms with van der Waals surface area (Å²) < 4.78 is 27.5. The summed E-state index contributed by atoms with van der Waals surface area (Å²) in [5.74, 6) is 0.144. The number of rotatable bonds is 14. The van der Waals surface area contributed by atoms with E-state index in [9.17, 15) is 8.42 Å². The van der Waals surface area contributed by atoms with E-state index in [2.05, 4.69) is 6.92 Å². The minimum atomic E-state index is -3.24. The molecule has 0 saturated heterocycles. The van der Waals surface area contributed by atoms with Crippen LogP contribution in [-0.2, 0) is 14.3 Å². The van der Waals surface area contributed by atoms with Gasteiger partial charge in [-0.25, -0.2) is 0 Å². The van der Waals surface area contributed by atoms with Crippen molar-refractivity contribution in [3.05, 3.63) is 0 Å². The summed E-state index contributed by atoms with van der Waals surface area (Å²) in [6.45, 7) is 4.45. The van der Waals surface area contributed by atoms with Gasteiger partial charge in [0, 0.05) is 0 Å². The van der Waals surface area contributed by atoms with E-state index in [-0.39, 0.29) is 43.5 Å². The Bertz CT molecular complexity index is 279. The summed E-state index contributed by atoms with van der Waals surface area (Å²) in [5, 5.41) is 0. The first kappa shape index (κ1) is 23.4. The molecule has 0 heterocycles. The molecule has 0 radical (unpaired) electrons. The molecule has 0 aromatic carbocycles. The Hall–Kier alpha value is 1.17. The molecular formula is C15H34CaO3S. The molecule has 0 aromatic rings. The van der Waals surface area contributed by atoms with Crippen LogP contribution >= 0.6 is 0 Å². The van der Waals surface area contributed by atoms with Crippen molar-refractivity contribution in [1.82, 2.24) is 0 Å². The van der Waals surface area contributed by atoms with E-state index in [4.69, 9.17) is 4.18 Å². The molecule has 0 unspecified atom stereocenters. The van der Waals surface area contributed by atoms with Crippen molar-refractivity contribution in [2.24, 2.45) is 0 Å². The zero-order valence-corrected chi connectivity index (χ0v) is 13.6. The molecule has 0 N–H and O–H groups in total. The monoisotopic (exact) mass is 334 g/mol. The van der Waals surface area contributed by atoms with Crippen LogP contribution < -0.4 is 0 Å². The van der Waals surface area contributed by atoms with E-state index in [1.807, 2.05) is 6.92 Å². The molecule has 120 valence electrons. The molecule has 0 aliphatic heterocycles. The van der Waals surface area contributed by atoms with Crippen molar-refractivity contribution >= 4 is 47.9 Å². The summed E-state index contributed by atoms with van der Waals surface area (Å²) in [5.41, 5.74) is 0. The van der Waals surface area contributed by atoms with Crippen LogP contribution in [-0.4, -0.2) is 58.5 Å². The van der Waals surface area contributed by atoms with Gasteiger partial charge in [0.05, 0.1) is 12.4 Å². The van der Waals surface area contributed by atoms with Crippen molar-refractivity contribution in [3.8, 4) is 0 Å². The molecule has 20 heavy (non-hydrogen) atoms. The third-order valence-electron chi connectivity index (χ3n) is 3.21. The van der Waals surface area contributed by atoms with Gasteiger partial charge in [-0.1, -0.05) is 71.6 Å². The molecular weight excluding hydrogens is 300 g/mol. The van der Waals surface area contributed by atoms with Gasteiger partial charge in [0.2, 0.25) is 0 Å². The Morgan fingerprint density at radius 3 is 1.60 bits per heavy atom. The third kappa shape index (κ3) is 17.2. The van der Waals surface area contributed by atoms with Gasteiger partial charge < -0.3 is 0 Å². The van der Waals surface area contributed by atoms with Crippen LogP contribution in [0.25, 0.3) is 0 Å². The molecule has 0 bridgehead atoms. The van der Waals surface area contributed by atoms with Gasteiger partial charge >= 0.3 is 37.7 Å². The number of hydrogen-bond acceptors (Lipinski definition) is 3. The Labute approximate surface area is 156 Å². The van der Waals surface area contributed by atoms with E-state index >= 15 is 0 Å². The Morgan fingerprint density at radius 2 is 1.15 bits per heavy atom. The first-order chi connectivity index (χ1) is 9.12. The van der Waals surface area contributed by atoms with E-state index in [0.717, 1.165) is 12.8 Å². The van der Waals surface area contributed by atoms with Gasteiger partial charge in [-0.15, -0.1) is 0 Å². The second-order valence-electron chi connectivity index (χ2n) is 5.27. The van der Waals surface area contributed by atoms with E-state index in [0.29, 0.717) is 13.0 Å². The van der Waals surface area contributed by atoms with Crippen molar-refractivity contribution in [2.75, 3.05) is 12.4 Å². The zero-order valence-electron chi connectivity index (χ0n) is 12.8. The predicted molar refractivity (Wildman–Crippen MR) is 90.4 cm³/mol. The van der Waals surface area contributed by atoms with Crippen molar-refractivity contribution in [1.29, 1.82) is 0 Å². The molecule has 0 rings (SSSR count). The molecule has 0 aromatic heterocycles. The van der Waals surface area contributed by atoms with Crippen LogP contribution in [0.3, 0.4) is 0 Å². The molecule has 0 spiro atoms. The predicted octanol–water partition coefficient (Wildman–Crippen LogP) is 3.75. The second kappa shape index (κ2) is 16.5. The molecule has 0 aliphatic carbocycles. The van der Waals surface area contributed by atoms with Crippen LogP contribution in [0.4, 0.5) is 0 Å². The van der Waals surface area contributed by atoms with Crippen LogP contribution in [0.5, 0.6) is 0 Å². The summed E-state index contributed by atoms with van der Waals surface area (Å²) >= 11 is 0. The second-order valence-corrected chi connectivity index (χ2v) is 7.03. The number of unbranched alkanes of at least 4 members (excludes halogenated alkanes) is 9. The molecule has 0 saturated carbocycles. The van der Waals surface area contributed by atoms with Crippen molar-refractivity contribution < 1.29 is 12.6 Å². The van der Waals surface area contributed by atoms with E-state index < -0.39 is 10.1 Å². The Morgan fingerprint density at radius 1 is 0.700 bits per heavy atom. The number of hydrogen-bond donors (Lipinski definition) is 0. The molecule has 0 atom stereocenters. The fourth-order valence-electron chi connectivity index (χ4n) is 2.08. The van der Waals surface area contributed by atoms with Gasteiger partial charge in [-0.3, -0.25) is 4.18 Å². The summed E-state index contributed by atoms with van der Waals surface area (Å²) in [4.78, 5) is 0. The van der Waals surface area contributed by atoms with Gasteiger partial charge in [0.25, 0.3) is 10.1 Å². The van der Waals surface area contributed by atoms with Crippen molar-refractivity contribution in [2.45, 2.75) is 84.5 Å². The summed E-state index contributed by atoms with van der Waals surface area (Å²) in [6, 6.07) is 0. The first-order valence-electron chi connectivity index (χ1n) is 7.99. The Balaban J connectivity index is 0. The topological polar surface area (TPSA) is 43.4 Å². The third-order valence-corrected chi connectivity index (χ3v) is 4.65. The van der Waals surface area contributed by atoms with E-state index in [1.165, 1.54) is 51.4 Å². The van der Waals surface area contributed by atoms with Crippen LogP contribution in [0.15, 0.2) is 0 Å². The molecule has 0 amide bonds. The summed E-state index contributed by atoms with van der Waals surface area (Å²) in [6.07, 6.45) is 13.1. The quantitative estimate of drug-likeness (QED) is 0.276. The van der Waals surface area contributed by atoms with Gasteiger partial charge in [0.15, 0.2) is 0 Å². The SMILES string of the molecule is CCCCCCCCCCCCOS(=O)(=O)CCC.[CaH2]. The van der Waals surface area contributed by atoms with Crippen molar-refractivity contribution in [3.63, 3.8) is 0 Å². The molecule has 3 nitrogen and oxygen atoms in total. The normalized spacial score (nSPS) is 11.3. The fraction of sp³-hybridized carbons (Fsp3) is 1.00. The fourth-order valence-corrected chi connectivity index (χ4v) is 3.07. The average Bonchev–Trinajstić information content (AvgIpc) is 2.36.